The molecule has 5 rings (SSSR count). The van der Waals surface area contributed by atoms with Crippen LogP contribution in [0.25, 0.3) is 21.9 Å². The Balaban J connectivity index is 1.35. The molecule has 1 aliphatic rings. The summed E-state index contributed by atoms with van der Waals surface area (Å²) in [5.41, 5.74) is 5.35. The summed E-state index contributed by atoms with van der Waals surface area (Å²) in [5.74, 6) is 1.46. The van der Waals surface area contributed by atoms with Gasteiger partial charge in [-0.1, -0.05) is 48.9 Å². The van der Waals surface area contributed by atoms with E-state index in [2.05, 4.69) is 41.3 Å². The topological polar surface area (TPSA) is 52.9 Å². The largest absolute Gasteiger partial charge is 0.508 e. The van der Waals surface area contributed by atoms with Crippen molar-refractivity contribution < 1.29 is 14.9 Å². The van der Waals surface area contributed by atoms with Crippen LogP contribution in [0, 0.1) is 6.92 Å². The number of piperidine rings is 1. The predicted octanol–water partition coefficient (Wildman–Crippen LogP) is 7.07. The van der Waals surface area contributed by atoms with E-state index >= 15 is 0 Å². The van der Waals surface area contributed by atoms with Crippen molar-refractivity contribution in [1.29, 1.82) is 0 Å². The zero-order valence-corrected chi connectivity index (χ0v) is 21.0. The molecule has 4 aromatic rings. The van der Waals surface area contributed by atoms with Crippen molar-refractivity contribution in [3.63, 3.8) is 0 Å². The van der Waals surface area contributed by atoms with Crippen molar-refractivity contribution in [2.45, 2.75) is 39.0 Å². The SMILES string of the molecule is Cc1c(O)cccc1-c1ccc2cc(O)ccc2c1Cc1ccc(OCCCN2CCCCC2)cc1. The normalized spacial score (nSPS) is 14.2. The Hall–Kier alpha value is -3.50. The monoisotopic (exact) mass is 481 g/mol. The molecule has 36 heavy (non-hydrogen) atoms. The van der Waals surface area contributed by atoms with Crippen LogP contribution in [0.5, 0.6) is 17.2 Å². The quantitative estimate of drug-likeness (QED) is 0.264. The molecule has 0 saturated carbocycles. The van der Waals surface area contributed by atoms with Gasteiger partial charge in [-0.15, -0.1) is 0 Å². The van der Waals surface area contributed by atoms with Gasteiger partial charge in [-0.05, 0) is 115 Å². The fourth-order valence-corrected chi connectivity index (χ4v) is 5.31. The lowest BCUT2D eigenvalue weighted by Crippen LogP contribution is -2.31. The van der Waals surface area contributed by atoms with Gasteiger partial charge in [-0.3, -0.25) is 0 Å². The van der Waals surface area contributed by atoms with Crippen molar-refractivity contribution in [2.75, 3.05) is 26.2 Å². The van der Waals surface area contributed by atoms with Crippen molar-refractivity contribution in [3.8, 4) is 28.4 Å². The average Bonchev–Trinajstić information content (AvgIpc) is 2.90. The summed E-state index contributed by atoms with van der Waals surface area (Å²) in [5, 5.41) is 22.5. The Labute approximate surface area is 213 Å². The molecule has 1 saturated heterocycles. The molecule has 0 radical (unpaired) electrons. The van der Waals surface area contributed by atoms with Crippen molar-refractivity contribution in [1.82, 2.24) is 4.90 Å². The van der Waals surface area contributed by atoms with E-state index in [9.17, 15) is 10.2 Å². The molecule has 1 fully saturated rings. The van der Waals surface area contributed by atoms with E-state index in [0.717, 1.165) is 59.2 Å². The van der Waals surface area contributed by atoms with Crippen LogP contribution in [0.2, 0.25) is 0 Å². The van der Waals surface area contributed by atoms with Gasteiger partial charge in [-0.2, -0.15) is 0 Å². The summed E-state index contributed by atoms with van der Waals surface area (Å²) >= 11 is 0. The number of nitrogens with zero attached hydrogens (tertiary/aromatic N) is 1. The summed E-state index contributed by atoms with van der Waals surface area (Å²) in [6, 6.07) is 23.7. The van der Waals surface area contributed by atoms with Crippen LogP contribution in [-0.4, -0.2) is 41.4 Å². The maximum atomic E-state index is 10.3. The predicted molar refractivity (Wildman–Crippen MR) is 147 cm³/mol. The average molecular weight is 482 g/mol. The molecule has 0 bridgehead atoms. The van der Waals surface area contributed by atoms with Gasteiger partial charge in [0.15, 0.2) is 0 Å². The molecule has 1 aliphatic heterocycles. The number of fused-ring (bicyclic) bond motifs is 1. The number of phenolic OH excluding ortho intramolecular Hbond substituents is 2. The lowest BCUT2D eigenvalue weighted by atomic mass is 9.88. The second-order valence-corrected chi connectivity index (χ2v) is 9.87. The molecule has 0 amide bonds. The van der Waals surface area contributed by atoms with Gasteiger partial charge in [0.05, 0.1) is 6.61 Å². The maximum Gasteiger partial charge on any atom is 0.119 e. The number of rotatable bonds is 8. The van der Waals surface area contributed by atoms with E-state index in [1.165, 1.54) is 43.5 Å². The lowest BCUT2D eigenvalue weighted by molar-refractivity contribution is 0.205. The van der Waals surface area contributed by atoms with Crippen LogP contribution in [0.3, 0.4) is 0 Å². The van der Waals surface area contributed by atoms with Gasteiger partial charge in [0, 0.05) is 6.54 Å². The van der Waals surface area contributed by atoms with Crippen molar-refractivity contribution >= 4 is 10.8 Å². The van der Waals surface area contributed by atoms with Crippen molar-refractivity contribution in [3.05, 3.63) is 89.5 Å². The minimum absolute atomic E-state index is 0.261. The minimum atomic E-state index is 0.261. The number of likely N-dealkylation sites (tertiary alicyclic amines) is 1. The Morgan fingerprint density at radius 1 is 0.833 bits per heavy atom. The number of hydrogen-bond donors (Lipinski definition) is 2. The molecule has 0 aromatic heterocycles. The fourth-order valence-electron chi connectivity index (χ4n) is 5.31. The molecule has 0 atom stereocenters. The van der Waals surface area contributed by atoms with E-state index in [0.29, 0.717) is 5.75 Å². The molecular weight excluding hydrogens is 446 g/mol. The highest BCUT2D eigenvalue weighted by atomic mass is 16.5. The van der Waals surface area contributed by atoms with Crippen LogP contribution in [0.1, 0.15) is 42.4 Å². The van der Waals surface area contributed by atoms with E-state index in [1.54, 1.807) is 18.2 Å². The van der Waals surface area contributed by atoms with Crippen LogP contribution in [0.15, 0.2) is 72.8 Å². The van der Waals surface area contributed by atoms with Gasteiger partial charge in [-0.25, -0.2) is 0 Å². The van der Waals surface area contributed by atoms with E-state index < -0.39 is 0 Å². The van der Waals surface area contributed by atoms with E-state index in [1.807, 2.05) is 25.1 Å². The summed E-state index contributed by atoms with van der Waals surface area (Å²) < 4.78 is 6.03. The maximum absolute atomic E-state index is 10.3. The van der Waals surface area contributed by atoms with Crippen LogP contribution in [-0.2, 0) is 6.42 Å². The highest BCUT2D eigenvalue weighted by Gasteiger charge is 2.14. The summed E-state index contributed by atoms with van der Waals surface area (Å²) in [6.45, 7) is 6.27. The molecular formula is C32H35NO3. The zero-order chi connectivity index (χ0) is 24.9. The Bertz CT molecular complexity index is 1320. The van der Waals surface area contributed by atoms with Crippen LogP contribution < -0.4 is 4.74 Å². The number of phenols is 2. The highest BCUT2D eigenvalue weighted by Crippen LogP contribution is 2.37. The summed E-state index contributed by atoms with van der Waals surface area (Å²) in [7, 11) is 0. The second-order valence-electron chi connectivity index (χ2n) is 9.87. The smallest absolute Gasteiger partial charge is 0.119 e. The molecule has 4 heteroatoms. The molecule has 4 nitrogen and oxygen atoms in total. The first-order valence-electron chi connectivity index (χ1n) is 13.1. The standard InChI is InChI=1S/C32H35NO3/c1-23-28(7-5-8-32(23)35)30-15-11-25-22-26(34)12-16-29(25)31(30)21-24-9-13-27(14-10-24)36-20-6-19-33-17-3-2-4-18-33/h5,7-16,22,34-35H,2-4,6,17-21H2,1H3. The molecule has 0 aliphatic carbocycles. The van der Waals surface area contributed by atoms with Gasteiger partial charge >= 0.3 is 0 Å². The van der Waals surface area contributed by atoms with Gasteiger partial charge < -0.3 is 19.8 Å². The number of ether oxygens (including phenoxy) is 1. The Morgan fingerprint density at radius 3 is 2.44 bits per heavy atom. The number of benzene rings is 4. The van der Waals surface area contributed by atoms with E-state index in [4.69, 9.17) is 4.74 Å². The van der Waals surface area contributed by atoms with Gasteiger partial charge in [0.1, 0.15) is 17.2 Å². The van der Waals surface area contributed by atoms with E-state index in [-0.39, 0.29) is 5.75 Å². The molecule has 1 heterocycles. The highest BCUT2D eigenvalue weighted by molar-refractivity contribution is 5.93. The van der Waals surface area contributed by atoms with Gasteiger partial charge in [0.25, 0.3) is 0 Å². The molecule has 2 N–H and O–H groups in total. The third-order valence-corrected chi connectivity index (χ3v) is 7.35. The first kappa shape index (κ1) is 24.2. The Kier molecular flexibility index (Phi) is 7.43. The molecule has 4 aromatic carbocycles. The fraction of sp³-hybridized carbons (Fsp3) is 0.312. The summed E-state index contributed by atoms with van der Waals surface area (Å²) in [4.78, 5) is 2.55. The number of aromatic hydroxyl groups is 2. The third-order valence-electron chi connectivity index (χ3n) is 7.35. The zero-order valence-electron chi connectivity index (χ0n) is 21.0. The first-order valence-corrected chi connectivity index (χ1v) is 13.1. The minimum Gasteiger partial charge on any atom is -0.508 e. The first-order chi connectivity index (χ1) is 17.6. The van der Waals surface area contributed by atoms with Crippen LogP contribution >= 0.6 is 0 Å². The summed E-state index contributed by atoms with van der Waals surface area (Å²) in [6.07, 6.45) is 5.81. The molecule has 0 spiro atoms. The molecule has 186 valence electrons. The lowest BCUT2D eigenvalue weighted by Gasteiger charge is -2.26. The third kappa shape index (κ3) is 5.50. The van der Waals surface area contributed by atoms with Crippen LogP contribution in [0.4, 0.5) is 0 Å². The number of hydrogen-bond acceptors (Lipinski definition) is 4. The molecule has 0 unspecified atom stereocenters. The van der Waals surface area contributed by atoms with Crippen molar-refractivity contribution in [2.24, 2.45) is 0 Å². The Morgan fingerprint density at radius 2 is 1.64 bits per heavy atom. The second kappa shape index (κ2) is 11.0. The van der Waals surface area contributed by atoms with Gasteiger partial charge in [0.2, 0.25) is 0 Å².